The molecule has 17 heteroatoms. The summed E-state index contributed by atoms with van der Waals surface area (Å²) in [6, 6.07) is 19.4. The molecule has 308 valence electrons. The zero-order valence-corrected chi connectivity index (χ0v) is 37.0. The minimum atomic E-state index is 0.00327. The fourth-order valence-electron chi connectivity index (χ4n) is 6.54. The number of likely N-dealkylation sites (N-methyl/N-ethyl adjacent to an activating group) is 2. The summed E-state index contributed by atoms with van der Waals surface area (Å²) < 4.78 is 13.5. The van der Waals surface area contributed by atoms with E-state index in [1.54, 1.807) is 33.1 Å². The van der Waals surface area contributed by atoms with Crippen molar-refractivity contribution in [3.63, 3.8) is 0 Å². The molecule has 2 atom stereocenters. The molecular weight excluding hydrogens is 859 g/mol. The molecule has 0 spiro atoms. The number of aryl methyl sites for hydroxylation is 4. The number of pyridine rings is 2. The predicted molar refractivity (Wildman–Crippen MR) is 233 cm³/mol. The lowest BCUT2D eigenvalue weighted by Gasteiger charge is -2.34. The Labute approximate surface area is 361 Å². The van der Waals surface area contributed by atoms with E-state index < -0.39 is 0 Å². The van der Waals surface area contributed by atoms with Gasteiger partial charge in [0.15, 0.2) is 11.7 Å². The number of hydrogen-bond acceptors (Lipinski definition) is 12. The highest BCUT2D eigenvalue weighted by Gasteiger charge is 2.30. The van der Waals surface area contributed by atoms with Gasteiger partial charge in [-0.15, -0.1) is 0 Å². The predicted octanol–water partition coefficient (Wildman–Crippen LogP) is 8.81. The van der Waals surface area contributed by atoms with Crippen LogP contribution in [-0.2, 0) is 9.68 Å². The number of H-pyrrole nitrogens is 1. The largest absolute Gasteiger partial charge is 0.480 e. The first-order chi connectivity index (χ1) is 28.4. The Bertz CT molecular complexity index is 2440. The van der Waals surface area contributed by atoms with E-state index in [4.69, 9.17) is 42.4 Å². The number of methoxy groups -OCH3 is 2. The molecule has 59 heavy (non-hydrogen) atoms. The molecule has 4 aromatic heterocycles. The molecule has 0 bridgehead atoms. The summed E-state index contributed by atoms with van der Waals surface area (Å²) in [5.41, 5.74) is 8.70. The minimum Gasteiger partial charge on any atom is -0.480 e. The van der Waals surface area contributed by atoms with Crippen molar-refractivity contribution in [2.75, 3.05) is 41.5 Å². The normalized spacial score (nSPS) is 16.0. The van der Waals surface area contributed by atoms with Gasteiger partial charge in [-0.1, -0.05) is 45.6 Å². The number of nitrogens with zero attached hydrogens (tertiary/aromatic N) is 9. The fraction of sp³-hybridized carbons (Fsp3) is 0.286. The average molecular weight is 905 g/mol. The first-order valence-electron chi connectivity index (χ1n) is 18.5. The molecule has 6 heterocycles. The van der Waals surface area contributed by atoms with Crippen molar-refractivity contribution < 1.29 is 19.1 Å². The van der Waals surface area contributed by atoms with Crippen molar-refractivity contribution in [1.82, 2.24) is 39.3 Å². The standard InChI is InChI=1S/C21H22ClN5O2.C17H17BrClN3O2.C4H6N2/c1-13-9-15(22)5-6-16(13)19-11-29-25-20(26(19)3)17-7-8-18(21(24-17)28-4)27-10-14(2)23-12-27;1-10-8-11(19)4-5-12(10)15-9-24-21-16(22(15)2)14-7-6-13(18)17(20-14)23-3;1-4-2-5-3-6-4/h5-10,12,19H,11H2,1-4H3;4-8,15H,9H2,1-3H3;2-3H,1H3,(H,5,6). The fourth-order valence-corrected chi connectivity index (χ4v) is 7.37. The third-order valence-electron chi connectivity index (χ3n) is 9.68. The minimum absolute atomic E-state index is 0.00327. The molecular formula is C42H45BrCl2N10O4. The highest BCUT2D eigenvalue weighted by atomic mass is 79.9. The third-order valence-corrected chi connectivity index (χ3v) is 10.7. The van der Waals surface area contributed by atoms with Crippen LogP contribution in [0.5, 0.6) is 11.8 Å². The molecule has 0 radical (unpaired) electrons. The Kier molecular flexibility index (Phi) is 14.1. The molecule has 2 aliphatic heterocycles. The summed E-state index contributed by atoms with van der Waals surface area (Å²) in [6.45, 7) is 8.91. The summed E-state index contributed by atoms with van der Waals surface area (Å²) in [5.74, 6) is 2.29. The van der Waals surface area contributed by atoms with Crippen LogP contribution in [0.4, 0.5) is 0 Å². The summed E-state index contributed by atoms with van der Waals surface area (Å²) in [4.78, 5) is 35.3. The molecule has 1 N–H and O–H groups in total. The molecule has 14 nitrogen and oxygen atoms in total. The number of aromatic amines is 1. The van der Waals surface area contributed by atoms with Crippen LogP contribution in [0.15, 0.2) is 100 Å². The van der Waals surface area contributed by atoms with Crippen LogP contribution in [0.1, 0.15) is 57.1 Å². The van der Waals surface area contributed by atoms with Crippen molar-refractivity contribution in [2.24, 2.45) is 10.3 Å². The Morgan fingerprint density at radius 2 is 1.29 bits per heavy atom. The van der Waals surface area contributed by atoms with Crippen LogP contribution >= 0.6 is 39.1 Å². The Morgan fingerprint density at radius 3 is 1.73 bits per heavy atom. The number of hydrogen-bond donors (Lipinski definition) is 1. The van der Waals surface area contributed by atoms with Gasteiger partial charge in [0.25, 0.3) is 0 Å². The van der Waals surface area contributed by atoms with E-state index in [1.807, 2.05) is 113 Å². The van der Waals surface area contributed by atoms with Gasteiger partial charge in [-0.05, 0) is 114 Å². The molecule has 0 saturated heterocycles. The van der Waals surface area contributed by atoms with Gasteiger partial charge in [-0.2, -0.15) is 0 Å². The van der Waals surface area contributed by atoms with Gasteiger partial charge in [0, 0.05) is 42.2 Å². The van der Waals surface area contributed by atoms with Crippen molar-refractivity contribution in [3.8, 4) is 17.4 Å². The lowest BCUT2D eigenvalue weighted by Crippen LogP contribution is -2.38. The number of benzene rings is 2. The molecule has 6 aromatic rings. The highest BCUT2D eigenvalue weighted by molar-refractivity contribution is 9.10. The van der Waals surface area contributed by atoms with Gasteiger partial charge in [0.1, 0.15) is 30.3 Å². The first-order valence-corrected chi connectivity index (χ1v) is 20.0. The summed E-state index contributed by atoms with van der Waals surface area (Å²) >= 11 is 15.6. The maximum Gasteiger partial charge on any atom is 0.238 e. The van der Waals surface area contributed by atoms with Crippen LogP contribution in [0.25, 0.3) is 5.69 Å². The van der Waals surface area contributed by atoms with Crippen molar-refractivity contribution in [2.45, 2.75) is 39.8 Å². The summed E-state index contributed by atoms with van der Waals surface area (Å²) in [6.07, 6.45) is 7.10. The van der Waals surface area contributed by atoms with E-state index in [2.05, 4.69) is 61.0 Å². The number of imidazole rings is 2. The maximum atomic E-state index is 6.12. The van der Waals surface area contributed by atoms with Gasteiger partial charge in [0.2, 0.25) is 11.8 Å². The summed E-state index contributed by atoms with van der Waals surface area (Å²) in [5, 5.41) is 9.90. The van der Waals surface area contributed by atoms with Crippen LogP contribution in [-0.4, -0.2) is 92.5 Å². The molecule has 0 amide bonds. The van der Waals surface area contributed by atoms with Crippen molar-refractivity contribution in [3.05, 3.63) is 145 Å². The smallest absolute Gasteiger partial charge is 0.238 e. The number of aromatic nitrogens is 6. The van der Waals surface area contributed by atoms with Crippen molar-refractivity contribution in [1.29, 1.82) is 0 Å². The Balaban J connectivity index is 0.000000176. The number of ether oxygens (including phenoxy) is 2. The van der Waals surface area contributed by atoms with Gasteiger partial charge in [-0.3, -0.25) is 0 Å². The molecule has 0 fully saturated rings. The van der Waals surface area contributed by atoms with E-state index in [9.17, 15) is 0 Å². The highest BCUT2D eigenvalue weighted by Crippen LogP contribution is 2.32. The van der Waals surface area contributed by atoms with E-state index in [1.165, 1.54) is 0 Å². The monoisotopic (exact) mass is 902 g/mol. The van der Waals surface area contributed by atoms with E-state index in [-0.39, 0.29) is 12.1 Å². The Morgan fingerprint density at radius 1 is 0.746 bits per heavy atom. The number of oxime groups is 2. The van der Waals surface area contributed by atoms with Crippen molar-refractivity contribution >= 4 is 50.8 Å². The van der Waals surface area contributed by atoms with Crippen LogP contribution in [0.3, 0.4) is 0 Å². The second kappa shape index (κ2) is 19.4. The average Bonchev–Trinajstić information content (AvgIpc) is 3.89. The molecule has 0 saturated carbocycles. The third kappa shape index (κ3) is 10.2. The summed E-state index contributed by atoms with van der Waals surface area (Å²) in [7, 11) is 7.15. The maximum absolute atomic E-state index is 6.12. The molecule has 0 aliphatic carbocycles. The van der Waals surface area contributed by atoms with E-state index in [0.717, 1.165) is 53.8 Å². The number of nitrogens with one attached hydrogen (secondary N) is 1. The lowest BCUT2D eigenvalue weighted by atomic mass is 10.00. The first kappa shape index (κ1) is 43.0. The molecule has 2 unspecified atom stereocenters. The zero-order chi connectivity index (χ0) is 42.2. The quantitative estimate of drug-likeness (QED) is 0.165. The van der Waals surface area contributed by atoms with Gasteiger partial charge in [0.05, 0.1) is 49.1 Å². The topological polar surface area (TPSA) is 140 Å². The second-order valence-electron chi connectivity index (χ2n) is 13.7. The lowest BCUT2D eigenvalue weighted by molar-refractivity contribution is 0.0694. The Hall–Kier alpha value is -5.64. The molecule has 2 aliphatic rings. The van der Waals surface area contributed by atoms with Crippen LogP contribution < -0.4 is 9.47 Å². The van der Waals surface area contributed by atoms with Crippen LogP contribution in [0.2, 0.25) is 10.0 Å². The van der Waals surface area contributed by atoms with Gasteiger partial charge < -0.3 is 38.5 Å². The zero-order valence-electron chi connectivity index (χ0n) is 33.9. The number of rotatable bonds is 7. The molecule has 8 rings (SSSR count). The number of halogens is 3. The van der Waals surface area contributed by atoms with E-state index >= 15 is 0 Å². The van der Waals surface area contributed by atoms with E-state index in [0.29, 0.717) is 48.0 Å². The molecule has 2 aromatic carbocycles. The van der Waals surface area contributed by atoms with Gasteiger partial charge in [-0.25, -0.2) is 19.9 Å². The SMILES string of the molecule is COc1nc(C2=NOCC(c3ccc(Cl)cc3C)N2C)ccc1-n1cnc(C)c1.COc1nc(C2=NOCC(c3ccc(Cl)cc3C)N2C)ccc1Br.Cc1cnc[nH]1. The second-order valence-corrected chi connectivity index (χ2v) is 15.5. The number of amidine groups is 2. The van der Waals surface area contributed by atoms with Crippen LogP contribution in [0, 0.1) is 27.7 Å². The van der Waals surface area contributed by atoms with Gasteiger partial charge >= 0.3 is 0 Å².